The van der Waals surface area contributed by atoms with Gasteiger partial charge in [-0.3, -0.25) is 0 Å². The standard InChI is InChI=1S/C25H28O8/c1-5-30-32-18-9-7-17(8-10-18)25(3,4)21-13-14-22(33-31-6-2)20(12-16-24(28)29)19(21)11-15-23(26)27/h7-16H,5-6H2,1-4H3,(H,26,27)(H,28,29). The Kier molecular flexibility index (Phi) is 9.20. The number of hydrogen-bond donors (Lipinski definition) is 2. The second kappa shape index (κ2) is 11.8. The van der Waals surface area contributed by atoms with Crippen LogP contribution >= 0.6 is 0 Å². The lowest BCUT2D eigenvalue weighted by Crippen LogP contribution is -2.21. The van der Waals surface area contributed by atoms with Crippen LogP contribution in [0.3, 0.4) is 0 Å². The van der Waals surface area contributed by atoms with E-state index in [4.69, 9.17) is 24.7 Å². The Morgan fingerprint density at radius 1 is 0.818 bits per heavy atom. The van der Waals surface area contributed by atoms with E-state index in [-0.39, 0.29) is 12.4 Å². The van der Waals surface area contributed by atoms with E-state index >= 15 is 0 Å². The van der Waals surface area contributed by atoms with Crippen molar-refractivity contribution in [2.45, 2.75) is 33.1 Å². The van der Waals surface area contributed by atoms with Gasteiger partial charge in [-0.05, 0) is 60.9 Å². The number of carbonyl (C=O) groups is 2. The van der Waals surface area contributed by atoms with Crippen LogP contribution in [0.5, 0.6) is 11.5 Å². The quantitative estimate of drug-likeness (QED) is 0.264. The van der Waals surface area contributed by atoms with Crippen molar-refractivity contribution in [2.75, 3.05) is 13.2 Å². The largest absolute Gasteiger partial charge is 0.478 e. The molecule has 0 saturated carbocycles. The van der Waals surface area contributed by atoms with Crippen molar-refractivity contribution in [3.8, 4) is 11.5 Å². The SMILES string of the molecule is CCOOc1ccc(C(C)(C)c2ccc(OOCC)c(C=CC(=O)O)c2C=CC(=O)O)cc1. The Balaban J connectivity index is 2.67. The van der Waals surface area contributed by atoms with E-state index in [1.807, 2.05) is 32.9 Å². The molecule has 8 nitrogen and oxygen atoms in total. The Labute approximate surface area is 192 Å². The van der Waals surface area contributed by atoms with Gasteiger partial charge in [-0.2, -0.15) is 9.78 Å². The van der Waals surface area contributed by atoms with E-state index in [1.165, 1.54) is 12.2 Å². The maximum Gasteiger partial charge on any atom is 0.328 e. The van der Waals surface area contributed by atoms with Gasteiger partial charge >= 0.3 is 11.9 Å². The molecule has 2 aromatic carbocycles. The molecule has 0 heterocycles. The van der Waals surface area contributed by atoms with Crippen LogP contribution in [0.15, 0.2) is 48.6 Å². The molecule has 0 bridgehead atoms. The van der Waals surface area contributed by atoms with Crippen LogP contribution in [-0.2, 0) is 24.8 Å². The molecule has 0 aromatic heterocycles. The third-order valence-corrected chi connectivity index (χ3v) is 4.82. The highest BCUT2D eigenvalue weighted by atomic mass is 17.2. The topological polar surface area (TPSA) is 112 Å². The van der Waals surface area contributed by atoms with Gasteiger partial charge in [0.2, 0.25) is 0 Å². The molecular formula is C25H28O8. The van der Waals surface area contributed by atoms with Crippen LogP contribution < -0.4 is 9.78 Å². The highest BCUT2D eigenvalue weighted by Gasteiger charge is 2.28. The minimum Gasteiger partial charge on any atom is -0.478 e. The van der Waals surface area contributed by atoms with Gasteiger partial charge in [0.25, 0.3) is 0 Å². The molecule has 0 fully saturated rings. The predicted molar refractivity (Wildman–Crippen MR) is 123 cm³/mol. The summed E-state index contributed by atoms with van der Waals surface area (Å²) in [5, 5.41) is 18.4. The zero-order chi connectivity index (χ0) is 24.4. The normalized spacial score (nSPS) is 11.8. The molecule has 0 amide bonds. The highest BCUT2D eigenvalue weighted by Crippen LogP contribution is 2.39. The van der Waals surface area contributed by atoms with Crippen molar-refractivity contribution < 1.29 is 39.4 Å². The third kappa shape index (κ3) is 6.93. The third-order valence-electron chi connectivity index (χ3n) is 4.82. The van der Waals surface area contributed by atoms with E-state index < -0.39 is 17.4 Å². The van der Waals surface area contributed by atoms with Crippen molar-refractivity contribution in [1.29, 1.82) is 0 Å². The monoisotopic (exact) mass is 456 g/mol. The minimum atomic E-state index is -1.15. The van der Waals surface area contributed by atoms with Crippen LogP contribution in [0.4, 0.5) is 0 Å². The first-order valence-corrected chi connectivity index (χ1v) is 10.4. The lowest BCUT2D eigenvalue weighted by atomic mass is 9.75. The van der Waals surface area contributed by atoms with Crippen molar-refractivity contribution in [2.24, 2.45) is 0 Å². The molecule has 8 heteroatoms. The summed E-state index contributed by atoms with van der Waals surface area (Å²) < 4.78 is 0. The summed E-state index contributed by atoms with van der Waals surface area (Å²) >= 11 is 0. The van der Waals surface area contributed by atoms with Gasteiger partial charge in [0, 0.05) is 23.1 Å². The number of hydrogen-bond acceptors (Lipinski definition) is 6. The van der Waals surface area contributed by atoms with Crippen molar-refractivity contribution in [3.63, 3.8) is 0 Å². The lowest BCUT2D eigenvalue weighted by molar-refractivity contribution is -0.202. The lowest BCUT2D eigenvalue weighted by Gasteiger charge is -2.29. The maximum atomic E-state index is 11.3. The molecule has 0 aliphatic rings. The van der Waals surface area contributed by atoms with Gasteiger partial charge < -0.3 is 20.0 Å². The fourth-order valence-corrected chi connectivity index (χ4v) is 3.23. The molecule has 0 aliphatic carbocycles. The van der Waals surface area contributed by atoms with Crippen molar-refractivity contribution in [1.82, 2.24) is 0 Å². The van der Waals surface area contributed by atoms with E-state index in [2.05, 4.69) is 0 Å². The van der Waals surface area contributed by atoms with E-state index in [9.17, 15) is 14.7 Å². The van der Waals surface area contributed by atoms with Gasteiger partial charge in [-0.25, -0.2) is 9.59 Å². The molecule has 2 N–H and O–H groups in total. The number of carboxylic acid groups (broad SMARTS) is 2. The number of benzene rings is 2. The first-order valence-electron chi connectivity index (χ1n) is 10.4. The molecule has 0 radical (unpaired) electrons. The molecular weight excluding hydrogens is 428 g/mol. The Morgan fingerprint density at radius 2 is 1.36 bits per heavy atom. The van der Waals surface area contributed by atoms with Gasteiger partial charge in [-0.15, -0.1) is 0 Å². The Bertz CT molecular complexity index is 1020. The first-order chi connectivity index (χ1) is 15.7. The van der Waals surface area contributed by atoms with Crippen LogP contribution in [0, 0.1) is 0 Å². The zero-order valence-corrected chi connectivity index (χ0v) is 19.0. The minimum absolute atomic E-state index is 0.263. The zero-order valence-electron chi connectivity index (χ0n) is 19.0. The molecule has 0 spiro atoms. The predicted octanol–water partition coefficient (Wildman–Crippen LogP) is 4.87. The van der Waals surface area contributed by atoms with Crippen LogP contribution in [-0.4, -0.2) is 35.4 Å². The smallest absolute Gasteiger partial charge is 0.328 e. The number of carboxylic acids is 2. The van der Waals surface area contributed by atoms with E-state index in [0.717, 1.165) is 23.3 Å². The van der Waals surface area contributed by atoms with Gasteiger partial charge in [0.05, 0.1) is 13.2 Å². The first kappa shape index (κ1) is 25.6. The highest BCUT2D eigenvalue weighted by molar-refractivity contribution is 5.90. The Hall–Kier alpha value is -3.62. The van der Waals surface area contributed by atoms with Crippen LogP contribution in [0.1, 0.15) is 49.9 Å². The second-order valence-electron chi connectivity index (χ2n) is 7.41. The summed E-state index contributed by atoms with van der Waals surface area (Å²) in [6, 6.07) is 10.8. The average molecular weight is 456 g/mol. The molecule has 33 heavy (non-hydrogen) atoms. The average Bonchev–Trinajstić information content (AvgIpc) is 2.78. The molecule has 0 unspecified atom stereocenters. The van der Waals surface area contributed by atoms with Crippen molar-refractivity contribution >= 4 is 24.1 Å². The van der Waals surface area contributed by atoms with Crippen molar-refractivity contribution in [3.05, 3.63) is 70.8 Å². The summed E-state index contributed by atoms with van der Waals surface area (Å²) in [7, 11) is 0. The number of rotatable bonds is 12. The van der Waals surface area contributed by atoms with E-state index in [1.54, 1.807) is 31.2 Å². The molecule has 0 aliphatic heterocycles. The summed E-state index contributed by atoms with van der Waals surface area (Å²) in [6.45, 7) is 8.20. The Morgan fingerprint density at radius 3 is 1.91 bits per heavy atom. The van der Waals surface area contributed by atoms with Crippen LogP contribution in [0.25, 0.3) is 12.2 Å². The second-order valence-corrected chi connectivity index (χ2v) is 7.41. The molecule has 0 atom stereocenters. The summed E-state index contributed by atoms with van der Waals surface area (Å²) in [5.74, 6) is -1.48. The maximum absolute atomic E-state index is 11.3. The van der Waals surface area contributed by atoms with Gasteiger partial charge in [0.1, 0.15) is 0 Å². The summed E-state index contributed by atoms with van der Waals surface area (Å²) in [6.07, 6.45) is 4.74. The molecule has 2 aromatic rings. The van der Waals surface area contributed by atoms with Gasteiger partial charge in [0.15, 0.2) is 11.5 Å². The summed E-state index contributed by atoms with van der Waals surface area (Å²) in [5.41, 5.74) is 1.95. The number of aliphatic carboxylic acids is 2. The molecule has 0 saturated heterocycles. The van der Waals surface area contributed by atoms with Gasteiger partial charge in [-0.1, -0.05) is 32.0 Å². The molecule has 2 rings (SSSR count). The van der Waals surface area contributed by atoms with E-state index in [0.29, 0.717) is 23.5 Å². The summed E-state index contributed by atoms with van der Waals surface area (Å²) in [4.78, 5) is 43.0. The fourth-order valence-electron chi connectivity index (χ4n) is 3.23. The fraction of sp³-hybridized carbons (Fsp3) is 0.280. The molecule has 176 valence electrons. The van der Waals surface area contributed by atoms with Crippen LogP contribution in [0.2, 0.25) is 0 Å².